The molecule has 4 aromatic rings. The van der Waals surface area contributed by atoms with Gasteiger partial charge < -0.3 is 13.7 Å². The van der Waals surface area contributed by atoms with Crippen LogP contribution < -0.4 is 10.5 Å². The molecule has 0 bridgehead atoms. The van der Waals surface area contributed by atoms with E-state index in [1.54, 1.807) is 6.07 Å². The average molecular weight is 442 g/mol. The third kappa shape index (κ3) is 3.70. The monoisotopic (exact) mass is 441 g/mol. The summed E-state index contributed by atoms with van der Waals surface area (Å²) in [6.07, 6.45) is 0. The molecule has 0 saturated carbocycles. The summed E-state index contributed by atoms with van der Waals surface area (Å²) < 4.78 is 37.1. The molecule has 2 heterocycles. The fourth-order valence-electron chi connectivity index (χ4n) is 3.43. The second kappa shape index (κ2) is 7.82. The highest BCUT2D eigenvalue weighted by atomic mass is 32.2. The van der Waals surface area contributed by atoms with Crippen molar-refractivity contribution in [2.75, 3.05) is 32.1 Å². The summed E-state index contributed by atoms with van der Waals surface area (Å²) in [4.78, 5) is 19.3. The van der Waals surface area contributed by atoms with Gasteiger partial charge in [-0.3, -0.25) is 0 Å². The van der Waals surface area contributed by atoms with Crippen molar-refractivity contribution in [2.45, 2.75) is 18.7 Å². The summed E-state index contributed by atoms with van der Waals surface area (Å²) in [6, 6.07) is 11.8. The molecule has 0 aliphatic rings. The number of rotatable bonds is 6. The second-order valence-electron chi connectivity index (χ2n) is 7.28. The van der Waals surface area contributed by atoms with Gasteiger partial charge >= 0.3 is 5.63 Å². The van der Waals surface area contributed by atoms with Crippen LogP contribution in [0.3, 0.4) is 0 Å². The maximum atomic E-state index is 12.7. The van der Waals surface area contributed by atoms with Crippen LogP contribution in [-0.2, 0) is 10.0 Å². The quantitative estimate of drug-likeness (QED) is 0.421. The molecule has 0 aliphatic heterocycles. The van der Waals surface area contributed by atoms with E-state index in [-0.39, 0.29) is 16.3 Å². The van der Waals surface area contributed by atoms with E-state index < -0.39 is 15.6 Å². The van der Waals surface area contributed by atoms with E-state index in [0.29, 0.717) is 16.7 Å². The fraction of sp³-hybridized carbons (Fsp3) is 0.273. The van der Waals surface area contributed by atoms with E-state index in [2.05, 4.69) is 23.7 Å². The van der Waals surface area contributed by atoms with Gasteiger partial charge in [-0.1, -0.05) is 0 Å². The highest BCUT2D eigenvalue weighted by Crippen LogP contribution is 2.28. The molecule has 0 radical (unpaired) electrons. The Bertz CT molecular complexity index is 1430. The minimum absolute atomic E-state index is 0.0814. The van der Waals surface area contributed by atoms with Gasteiger partial charge in [0.2, 0.25) is 15.9 Å². The molecule has 31 heavy (non-hydrogen) atoms. The number of nitrogens with zero attached hydrogens (tertiary/aromatic N) is 3. The smallest absolute Gasteiger partial charge is 0.349 e. The van der Waals surface area contributed by atoms with Crippen molar-refractivity contribution < 1.29 is 17.3 Å². The number of anilines is 1. The maximum absolute atomic E-state index is 12.7. The van der Waals surface area contributed by atoms with Gasteiger partial charge in [-0.25, -0.2) is 22.5 Å². The first-order valence-electron chi connectivity index (χ1n) is 9.91. The van der Waals surface area contributed by atoms with Crippen molar-refractivity contribution in [3.63, 3.8) is 0 Å². The minimum Gasteiger partial charge on any atom is -0.436 e. The Morgan fingerprint density at radius 2 is 1.68 bits per heavy atom. The van der Waals surface area contributed by atoms with Gasteiger partial charge in [0.05, 0.1) is 4.90 Å². The van der Waals surface area contributed by atoms with Crippen molar-refractivity contribution >= 4 is 37.8 Å². The van der Waals surface area contributed by atoms with Crippen LogP contribution in [0, 0.1) is 0 Å². The van der Waals surface area contributed by atoms with Crippen molar-refractivity contribution in [3.8, 4) is 11.5 Å². The van der Waals surface area contributed by atoms with E-state index in [0.717, 1.165) is 28.5 Å². The van der Waals surface area contributed by atoms with Gasteiger partial charge in [0, 0.05) is 44.3 Å². The maximum Gasteiger partial charge on any atom is 0.349 e. The molecular weight excluding hydrogens is 418 g/mol. The Labute approximate surface area is 179 Å². The zero-order valence-corrected chi connectivity index (χ0v) is 18.6. The summed E-state index contributed by atoms with van der Waals surface area (Å²) in [5, 5.41) is 0.739. The molecule has 9 heteroatoms. The molecule has 162 valence electrons. The van der Waals surface area contributed by atoms with E-state index in [1.807, 2.05) is 18.2 Å². The normalized spacial score (nSPS) is 12.2. The van der Waals surface area contributed by atoms with E-state index in [1.165, 1.54) is 32.3 Å². The van der Waals surface area contributed by atoms with Crippen molar-refractivity contribution in [2.24, 2.45) is 0 Å². The predicted molar refractivity (Wildman–Crippen MR) is 120 cm³/mol. The Morgan fingerprint density at radius 1 is 0.935 bits per heavy atom. The Morgan fingerprint density at radius 3 is 2.35 bits per heavy atom. The highest BCUT2D eigenvalue weighted by Gasteiger charge is 2.20. The first kappa shape index (κ1) is 21.1. The number of benzene rings is 2. The zero-order valence-electron chi connectivity index (χ0n) is 17.7. The zero-order chi connectivity index (χ0) is 22.3. The van der Waals surface area contributed by atoms with Gasteiger partial charge in [0.25, 0.3) is 0 Å². The van der Waals surface area contributed by atoms with Crippen molar-refractivity contribution in [1.82, 2.24) is 9.29 Å². The number of hydrogen-bond acceptors (Lipinski definition) is 7. The summed E-state index contributed by atoms with van der Waals surface area (Å²) in [7, 11) is -0.693. The molecule has 0 unspecified atom stereocenters. The molecular formula is C22H23N3O5S. The van der Waals surface area contributed by atoms with Gasteiger partial charge in [-0.15, -0.1) is 0 Å². The van der Waals surface area contributed by atoms with Crippen LogP contribution in [0.2, 0.25) is 0 Å². The van der Waals surface area contributed by atoms with E-state index in [9.17, 15) is 13.2 Å². The van der Waals surface area contributed by atoms with Gasteiger partial charge in [0.1, 0.15) is 16.7 Å². The topological polar surface area (TPSA) is 96.9 Å². The molecule has 0 saturated heterocycles. The number of aromatic nitrogens is 1. The third-order valence-electron chi connectivity index (χ3n) is 5.22. The fourth-order valence-corrected chi connectivity index (χ4v) is 4.35. The predicted octanol–water partition coefficient (Wildman–Crippen LogP) is 3.70. The molecule has 2 aromatic heterocycles. The Kier molecular flexibility index (Phi) is 5.32. The Balaban J connectivity index is 1.80. The van der Waals surface area contributed by atoms with Crippen LogP contribution >= 0.6 is 0 Å². The van der Waals surface area contributed by atoms with Crippen LogP contribution in [0.15, 0.2) is 61.0 Å². The first-order chi connectivity index (χ1) is 14.7. The SMILES string of the molecule is CCN(CC)c1ccc2cc(-c3nc4cc(S(=O)(=O)N(C)C)ccc4o3)c(=O)oc2c1. The van der Waals surface area contributed by atoms with Crippen LogP contribution in [0.5, 0.6) is 0 Å². The van der Waals surface area contributed by atoms with Crippen LogP contribution in [0.4, 0.5) is 5.69 Å². The summed E-state index contributed by atoms with van der Waals surface area (Å²) in [5.41, 5.74) is 1.78. The lowest BCUT2D eigenvalue weighted by molar-refractivity contribution is 0.521. The average Bonchev–Trinajstić information content (AvgIpc) is 3.17. The van der Waals surface area contributed by atoms with Crippen LogP contribution in [0.1, 0.15) is 13.8 Å². The first-order valence-corrected chi connectivity index (χ1v) is 11.3. The molecule has 2 aromatic carbocycles. The number of hydrogen-bond donors (Lipinski definition) is 0. The molecule has 8 nitrogen and oxygen atoms in total. The van der Waals surface area contributed by atoms with Crippen molar-refractivity contribution in [1.29, 1.82) is 0 Å². The van der Waals surface area contributed by atoms with Crippen LogP contribution in [0.25, 0.3) is 33.5 Å². The molecule has 0 fully saturated rings. The third-order valence-corrected chi connectivity index (χ3v) is 7.03. The number of sulfonamides is 1. The van der Waals surface area contributed by atoms with Gasteiger partial charge in [0.15, 0.2) is 5.58 Å². The molecule has 0 atom stereocenters. The Hall–Kier alpha value is -3.17. The number of oxazole rings is 1. The lowest BCUT2D eigenvalue weighted by Crippen LogP contribution is -2.22. The molecule has 4 rings (SSSR count). The second-order valence-corrected chi connectivity index (χ2v) is 9.43. The lowest BCUT2D eigenvalue weighted by atomic mass is 10.1. The van der Waals surface area contributed by atoms with E-state index in [4.69, 9.17) is 8.83 Å². The summed E-state index contributed by atoms with van der Waals surface area (Å²) in [6.45, 7) is 5.82. The molecule has 0 N–H and O–H groups in total. The van der Waals surface area contributed by atoms with E-state index >= 15 is 0 Å². The van der Waals surface area contributed by atoms with Gasteiger partial charge in [-0.2, -0.15) is 0 Å². The standard InChI is InChI=1S/C22H23N3O5S/c1-5-25(6-2)15-8-7-14-11-17(22(26)30-20(14)12-15)21-23-18-13-16(9-10-19(18)29-21)31(27,28)24(3)4/h7-13H,5-6H2,1-4H3. The lowest BCUT2D eigenvalue weighted by Gasteiger charge is -2.20. The van der Waals surface area contributed by atoms with Gasteiger partial charge in [-0.05, 0) is 50.2 Å². The summed E-state index contributed by atoms with van der Waals surface area (Å²) >= 11 is 0. The minimum atomic E-state index is -3.61. The largest absolute Gasteiger partial charge is 0.436 e. The van der Waals surface area contributed by atoms with Crippen LogP contribution in [-0.4, -0.2) is 44.9 Å². The molecule has 0 spiro atoms. The highest BCUT2D eigenvalue weighted by molar-refractivity contribution is 7.89. The van der Waals surface area contributed by atoms with Crippen molar-refractivity contribution in [3.05, 3.63) is 52.9 Å². The number of fused-ring (bicyclic) bond motifs is 2. The molecule has 0 amide bonds. The molecule has 0 aliphatic carbocycles. The summed E-state index contributed by atoms with van der Waals surface area (Å²) in [5.74, 6) is 0.0814.